The van der Waals surface area contributed by atoms with E-state index in [-0.39, 0.29) is 6.10 Å². The minimum absolute atomic E-state index is 0.0779. The average Bonchev–Trinajstić information content (AvgIpc) is 2.70. The Morgan fingerprint density at radius 2 is 2.22 bits per heavy atom. The molecular weight excluding hydrogens is 228 g/mol. The van der Waals surface area contributed by atoms with Gasteiger partial charge in [-0.15, -0.1) is 5.10 Å². The molecule has 5 heteroatoms. The van der Waals surface area contributed by atoms with Gasteiger partial charge < -0.3 is 4.74 Å². The third-order valence-corrected chi connectivity index (χ3v) is 4.01. The Hall–Kier alpha value is -1.41. The molecule has 0 amide bonds. The van der Waals surface area contributed by atoms with E-state index < -0.39 is 0 Å². The topological polar surface area (TPSA) is 63.7 Å². The van der Waals surface area contributed by atoms with Crippen molar-refractivity contribution in [3.8, 4) is 6.07 Å². The lowest BCUT2D eigenvalue weighted by Gasteiger charge is -2.32. The van der Waals surface area contributed by atoms with E-state index in [1.54, 1.807) is 7.11 Å². The SMILES string of the molecule is COC(C)c1c(CC#N)nnn1C(C)C1CCC1. The third-order valence-electron chi connectivity index (χ3n) is 4.01. The van der Waals surface area contributed by atoms with Crippen molar-refractivity contribution in [3.05, 3.63) is 11.4 Å². The van der Waals surface area contributed by atoms with E-state index in [9.17, 15) is 0 Å². The summed E-state index contributed by atoms with van der Waals surface area (Å²) in [4.78, 5) is 0. The van der Waals surface area contributed by atoms with Gasteiger partial charge in [0.15, 0.2) is 0 Å². The summed E-state index contributed by atoms with van der Waals surface area (Å²) in [5.41, 5.74) is 1.71. The first-order valence-corrected chi connectivity index (χ1v) is 6.52. The molecule has 18 heavy (non-hydrogen) atoms. The lowest BCUT2D eigenvalue weighted by molar-refractivity contribution is 0.103. The second-order valence-electron chi connectivity index (χ2n) is 5.01. The van der Waals surface area contributed by atoms with E-state index in [2.05, 4.69) is 23.3 Å². The molecule has 5 nitrogen and oxygen atoms in total. The molecular formula is C13H20N4O. The van der Waals surface area contributed by atoms with Crippen molar-refractivity contribution in [1.29, 1.82) is 5.26 Å². The third kappa shape index (κ3) is 2.25. The summed E-state index contributed by atoms with van der Waals surface area (Å²) in [5, 5.41) is 17.2. The molecule has 1 aromatic rings. The zero-order chi connectivity index (χ0) is 13.1. The minimum Gasteiger partial charge on any atom is -0.375 e. The first kappa shape index (κ1) is 13.0. The summed E-state index contributed by atoms with van der Waals surface area (Å²) in [6, 6.07) is 2.48. The van der Waals surface area contributed by atoms with Crippen LogP contribution < -0.4 is 0 Å². The number of aromatic nitrogens is 3. The van der Waals surface area contributed by atoms with Gasteiger partial charge in [0, 0.05) is 7.11 Å². The predicted molar refractivity (Wildman–Crippen MR) is 66.8 cm³/mol. The molecule has 0 radical (unpaired) electrons. The summed E-state index contributed by atoms with van der Waals surface area (Å²) in [6.07, 6.45) is 4.04. The number of hydrogen-bond donors (Lipinski definition) is 0. The summed E-state index contributed by atoms with van der Waals surface area (Å²) < 4.78 is 7.36. The average molecular weight is 248 g/mol. The predicted octanol–water partition coefficient (Wildman–Crippen LogP) is 2.41. The lowest BCUT2D eigenvalue weighted by atomic mass is 9.80. The molecule has 0 spiro atoms. The van der Waals surface area contributed by atoms with Gasteiger partial charge in [0.2, 0.25) is 0 Å². The van der Waals surface area contributed by atoms with Gasteiger partial charge in [0.1, 0.15) is 5.69 Å². The maximum Gasteiger partial charge on any atom is 0.103 e. The number of nitriles is 1. The van der Waals surface area contributed by atoms with Crippen molar-refractivity contribution in [2.24, 2.45) is 5.92 Å². The van der Waals surface area contributed by atoms with Crippen LogP contribution >= 0.6 is 0 Å². The molecule has 1 saturated carbocycles. The van der Waals surface area contributed by atoms with Crippen LogP contribution in [0.2, 0.25) is 0 Å². The summed E-state index contributed by atoms with van der Waals surface area (Å²) in [7, 11) is 1.67. The van der Waals surface area contributed by atoms with Crippen LogP contribution in [0.5, 0.6) is 0 Å². The van der Waals surface area contributed by atoms with Crippen LogP contribution in [0.3, 0.4) is 0 Å². The van der Waals surface area contributed by atoms with E-state index in [0.717, 1.165) is 11.4 Å². The maximum absolute atomic E-state index is 8.85. The van der Waals surface area contributed by atoms with Gasteiger partial charge in [0.25, 0.3) is 0 Å². The molecule has 1 aliphatic carbocycles. The standard InChI is InChI=1S/C13H20N4O/c1-9(11-5-4-6-11)17-13(10(2)18-3)12(7-8-14)15-16-17/h9-11H,4-7H2,1-3H3. The highest BCUT2D eigenvalue weighted by molar-refractivity contribution is 5.17. The van der Waals surface area contributed by atoms with Gasteiger partial charge >= 0.3 is 0 Å². The Bertz CT molecular complexity index is 444. The molecule has 0 bridgehead atoms. The van der Waals surface area contributed by atoms with Crippen molar-refractivity contribution in [2.75, 3.05) is 7.11 Å². The number of rotatable bonds is 5. The van der Waals surface area contributed by atoms with Crippen LogP contribution in [0.15, 0.2) is 0 Å². The Morgan fingerprint density at radius 1 is 1.50 bits per heavy atom. The minimum atomic E-state index is -0.0779. The molecule has 0 aliphatic heterocycles. The Labute approximate surface area is 108 Å². The fraction of sp³-hybridized carbons (Fsp3) is 0.769. The fourth-order valence-corrected chi connectivity index (χ4v) is 2.49. The van der Waals surface area contributed by atoms with Crippen molar-refractivity contribution < 1.29 is 4.74 Å². The Morgan fingerprint density at radius 3 is 2.72 bits per heavy atom. The molecule has 0 aromatic carbocycles. The zero-order valence-corrected chi connectivity index (χ0v) is 11.3. The molecule has 0 saturated heterocycles. The number of hydrogen-bond acceptors (Lipinski definition) is 4. The fourth-order valence-electron chi connectivity index (χ4n) is 2.49. The number of nitrogens with zero attached hydrogens (tertiary/aromatic N) is 4. The first-order valence-electron chi connectivity index (χ1n) is 6.52. The summed E-state index contributed by atoms with van der Waals surface area (Å²) in [5.74, 6) is 0.685. The Kier molecular flexibility index (Phi) is 3.97. The monoisotopic (exact) mass is 248 g/mol. The highest BCUT2D eigenvalue weighted by atomic mass is 16.5. The van der Waals surface area contributed by atoms with Crippen molar-refractivity contribution >= 4 is 0 Å². The number of methoxy groups -OCH3 is 1. The summed E-state index contributed by atoms with van der Waals surface area (Å²) >= 11 is 0. The molecule has 0 N–H and O–H groups in total. The van der Waals surface area contributed by atoms with Crippen LogP contribution in [0, 0.1) is 17.2 Å². The highest BCUT2D eigenvalue weighted by Gasteiger charge is 2.29. The van der Waals surface area contributed by atoms with Crippen molar-refractivity contribution in [3.63, 3.8) is 0 Å². The molecule has 1 aromatic heterocycles. The van der Waals surface area contributed by atoms with Crippen LogP contribution in [0.1, 0.15) is 56.6 Å². The zero-order valence-electron chi connectivity index (χ0n) is 11.3. The van der Waals surface area contributed by atoms with Crippen LogP contribution in [-0.4, -0.2) is 22.1 Å². The quantitative estimate of drug-likeness (QED) is 0.802. The summed E-state index contributed by atoms with van der Waals surface area (Å²) in [6.45, 7) is 4.16. The molecule has 1 fully saturated rings. The lowest BCUT2D eigenvalue weighted by Crippen LogP contribution is -2.26. The van der Waals surface area contributed by atoms with Gasteiger partial charge in [-0.05, 0) is 32.6 Å². The van der Waals surface area contributed by atoms with Gasteiger partial charge in [-0.2, -0.15) is 5.26 Å². The Balaban J connectivity index is 2.31. The van der Waals surface area contributed by atoms with Gasteiger partial charge in [-0.3, -0.25) is 0 Å². The highest BCUT2D eigenvalue weighted by Crippen LogP contribution is 2.37. The van der Waals surface area contributed by atoms with Crippen molar-refractivity contribution in [2.45, 2.75) is 51.7 Å². The molecule has 1 aliphatic rings. The van der Waals surface area contributed by atoms with E-state index in [0.29, 0.717) is 18.4 Å². The molecule has 2 unspecified atom stereocenters. The van der Waals surface area contributed by atoms with Gasteiger partial charge in [-0.1, -0.05) is 11.6 Å². The number of ether oxygens (including phenoxy) is 1. The van der Waals surface area contributed by atoms with Gasteiger partial charge in [-0.25, -0.2) is 4.68 Å². The van der Waals surface area contributed by atoms with E-state index in [1.165, 1.54) is 19.3 Å². The van der Waals surface area contributed by atoms with E-state index in [1.807, 2.05) is 11.6 Å². The maximum atomic E-state index is 8.85. The molecule has 2 rings (SSSR count). The molecule has 2 atom stereocenters. The molecule has 1 heterocycles. The van der Waals surface area contributed by atoms with Gasteiger partial charge in [0.05, 0.1) is 30.3 Å². The first-order chi connectivity index (χ1) is 8.69. The largest absolute Gasteiger partial charge is 0.375 e. The second-order valence-corrected chi connectivity index (χ2v) is 5.01. The van der Waals surface area contributed by atoms with Crippen LogP contribution in [0.4, 0.5) is 0 Å². The van der Waals surface area contributed by atoms with Crippen molar-refractivity contribution in [1.82, 2.24) is 15.0 Å². The smallest absolute Gasteiger partial charge is 0.103 e. The normalized spacial score (nSPS) is 19.0. The van der Waals surface area contributed by atoms with E-state index >= 15 is 0 Å². The van der Waals surface area contributed by atoms with Crippen LogP contribution in [0.25, 0.3) is 0 Å². The van der Waals surface area contributed by atoms with Crippen LogP contribution in [-0.2, 0) is 11.2 Å². The van der Waals surface area contributed by atoms with E-state index in [4.69, 9.17) is 10.00 Å². The molecule has 98 valence electrons. The second kappa shape index (κ2) is 5.49.